The zero-order valence-corrected chi connectivity index (χ0v) is 15.6. The summed E-state index contributed by atoms with van der Waals surface area (Å²) in [4.78, 5) is 12.2. The summed E-state index contributed by atoms with van der Waals surface area (Å²) < 4.78 is 78.5. The van der Waals surface area contributed by atoms with Gasteiger partial charge in [-0.05, 0) is 60.2 Å². The number of halogens is 6. The lowest BCUT2D eigenvalue weighted by atomic mass is 9.97. The first kappa shape index (κ1) is 22.1. The van der Waals surface area contributed by atoms with E-state index in [-0.39, 0.29) is 35.6 Å². The van der Waals surface area contributed by atoms with Crippen LogP contribution in [0.25, 0.3) is 11.1 Å². The van der Waals surface area contributed by atoms with Gasteiger partial charge in [0.05, 0.1) is 17.2 Å². The smallest absolute Gasteiger partial charge is 0.393 e. The quantitative estimate of drug-likeness (QED) is 0.657. The van der Waals surface area contributed by atoms with Crippen LogP contribution < -0.4 is 5.32 Å². The van der Waals surface area contributed by atoms with Crippen LogP contribution in [0.1, 0.15) is 36.0 Å². The SMILES string of the molecule is O=C(NCc1cccc(-c2cc(C(F)(F)F)cc(C(F)(F)F)c2)c1)C1CCC(O)C1. The van der Waals surface area contributed by atoms with Gasteiger partial charge in [0, 0.05) is 12.5 Å². The summed E-state index contributed by atoms with van der Waals surface area (Å²) in [6.45, 7) is 0.0738. The molecule has 1 amide bonds. The summed E-state index contributed by atoms with van der Waals surface area (Å²) in [5, 5.41) is 12.2. The average Bonchev–Trinajstić information content (AvgIpc) is 3.11. The molecule has 0 aromatic heterocycles. The molecule has 2 unspecified atom stereocenters. The van der Waals surface area contributed by atoms with Gasteiger partial charge in [0.2, 0.25) is 5.91 Å². The first-order valence-electron chi connectivity index (χ1n) is 9.28. The highest BCUT2D eigenvalue weighted by Gasteiger charge is 2.37. The van der Waals surface area contributed by atoms with Gasteiger partial charge in [-0.2, -0.15) is 26.3 Å². The van der Waals surface area contributed by atoms with Crippen molar-refractivity contribution in [3.8, 4) is 11.1 Å². The summed E-state index contributed by atoms with van der Waals surface area (Å²) >= 11 is 0. The lowest BCUT2D eigenvalue weighted by molar-refractivity contribution is -0.143. The molecule has 1 aliphatic carbocycles. The van der Waals surface area contributed by atoms with E-state index in [2.05, 4.69) is 5.32 Å². The van der Waals surface area contributed by atoms with E-state index in [0.717, 1.165) is 0 Å². The number of hydrogen-bond donors (Lipinski definition) is 2. The Kier molecular flexibility index (Phi) is 6.12. The molecule has 0 heterocycles. The minimum atomic E-state index is -4.92. The Balaban J connectivity index is 1.83. The van der Waals surface area contributed by atoms with Gasteiger partial charge in [-0.15, -0.1) is 0 Å². The number of amides is 1. The Morgan fingerprint density at radius 3 is 2.10 bits per heavy atom. The van der Waals surface area contributed by atoms with Gasteiger partial charge in [0.15, 0.2) is 0 Å². The van der Waals surface area contributed by atoms with Crippen molar-refractivity contribution in [2.45, 2.75) is 44.3 Å². The van der Waals surface area contributed by atoms with Gasteiger partial charge in [-0.1, -0.05) is 18.2 Å². The first-order chi connectivity index (χ1) is 13.9. The molecule has 3 nitrogen and oxygen atoms in total. The lowest BCUT2D eigenvalue weighted by Gasteiger charge is -2.15. The predicted octanol–water partition coefficient (Wildman–Crippen LogP) is 5.17. The Labute approximate surface area is 168 Å². The minimum Gasteiger partial charge on any atom is -0.393 e. The molecule has 0 saturated heterocycles. The van der Waals surface area contributed by atoms with Gasteiger partial charge >= 0.3 is 12.4 Å². The topological polar surface area (TPSA) is 49.3 Å². The van der Waals surface area contributed by atoms with Crippen LogP contribution >= 0.6 is 0 Å². The van der Waals surface area contributed by atoms with Crippen molar-refractivity contribution in [1.29, 1.82) is 0 Å². The van der Waals surface area contributed by atoms with E-state index < -0.39 is 29.6 Å². The highest BCUT2D eigenvalue weighted by atomic mass is 19.4. The Morgan fingerprint density at radius 2 is 1.57 bits per heavy atom. The molecule has 1 fully saturated rings. The standard InChI is InChI=1S/C21H19F6NO2/c22-20(23,24)16-7-15(8-17(10-16)21(25,26)27)13-3-1-2-12(6-13)11-28-19(30)14-4-5-18(29)9-14/h1-3,6-8,10,14,18,29H,4-5,9,11H2,(H,28,30). The molecule has 0 radical (unpaired) electrons. The fraction of sp³-hybridized carbons (Fsp3) is 0.381. The molecule has 162 valence electrons. The second-order valence-electron chi connectivity index (χ2n) is 7.38. The maximum absolute atomic E-state index is 13.1. The molecule has 9 heteroatoms. The average molecular weight is 431 g/mol. The number of aliphatic hydroxyl groups excluding tert-OH is 1. The summed E-state index contributed by atoms with van der Waals surface area (Å²) in [5.74, 6) is -0.545. The van der Waals surface area contributed by atoms with Crippen LogP contribution in [0.3, 0.4) is 0 Å². The Morgan fingerprint density at radius 1 is 0.933 bits per heavy atom. The number of rotatable bonds is 4. The molecule has 2 N–H and O–H groups in total. The number of hydrogen-bond acceptors (Lipinski definition) is 2. The Bertz CT molecular complexity index is 890. The van der Waals surface area contributed by atoms with Crippen LogP contribution in [-0.4, -0.2) is 17.1 Å². The van der Waals surface area contributed by atoms with Gasteiger partial charge < -0.3 is 10.4 Å². The molecule has 2 atom stereocenters. The van der Waals surface area contributed by atoms with E-state index in [1.54, 1.807) is 6.07 Å². The second-order valence-corrected chi connectivity index (χ2v) is 7.38. The monoisotopic (exact) mass is 431 g/mol. The van der Waals surface area contributed by atoms with Gasteiger partial charge in [-0.3, -0.25) is 4.79 Å². The maximum atomic E-state index is 13.1. The minimum absolute atomic E-state index is 0.0738. The third-order valence-electron chi connectivity index (χ3n) is 5.09. The Hall–Kier alpha value is -2.55. The van der Waals surface area contributed by atoms with E-state index in [9.17, 15) is 36.2 Å². The zero-order chi connectivity index (χ0) is 22.1. The zero-order valence-electron chi connectivity index (χ0n) is 15.6. The van der Waals surface area contributed by atoms with Crippen LogP contribution in [0.4, 0.5) is 26.3 Å². The van der Waals surface area contributed by atoms with Gasteiger partial charge in [0.25, 0.3) is 0 Å². The normalized spacial score (nSPS) is 19.7. The lowest BCUT2D eigenvalue weighted by Crippen LogP contribution is -2.29. The van der Waals surface area contributed by atoms with Crippen molar-refractivity contribution in [3.63, 3.8) is 0 Å². The number of aliphatic hydroxyl groups is 1. The van der Waals surface area contributed by atoms with Gasteiger partial charge in [0.1, 0.15) is 0 Å². The van der Waals surface area contributed by atoms with Crippen molar-refractivity contribution in [1.82, 2.24) is 5.32 Å². The molecule has 0 aliphatic heterocycles. The van der Waals surface area contributed by atoms with E-state index in [4.69, 9.17) is 0 Å². The van der Waals surface area contributed by atoms with Crippen molar-refractivity contribution >= 4 is 5.91 Å². The number of alkyl halides is 6. The van der Waals surface area contributed by atoms with E-state index in [0.29, 0.717) is 37.0 Å². The summed E-state index contributed by atoms with van der Waals surface area (Å²) in [6.07, 6.45) is -8.87. The summed E-state index contributed by atoms with van der Waals surface area (Å²) in [6, 6.07) is 7.41. The van der Waals surface area contributed by atoms with Crippen LogP contribution in [0, 0.1) is 5.92 Å². The van der Waals surface area contributed by atoms with Crippen LogP contribution in [-0.2, 0) is 23.7 Å². The van der Waals surface area contributed by atoms with Crippen molar-refractivity contribution in [2.75, 3.05) is 0 Å². The van der Waals surface area contributed by atoms with Crippen LogP contribution in [0.5, 0.6) is 0 Å². The molecule has 1 aliphatic rings. The predicted molar refractivity (Wildman–Crippen MR) is 97.1 cm³/mol. The fourth-order valence-electron chi connectivity index (χ4n) is 3.51. The molecule has 1 saturated carbocycles. The molecule has 2 aromatic rings. The number of carbonyl (C=O) groups is 1. The van der Waals surface area contributed by atoms with Crippen molar-refractivity contribution < 1.29 is 36.2 Å². The summed E-state index contributed by atoms with van der Waals surface area (Å²) in [5.41, 5.74) is -2.28. The van der Waals surface area contributed by atoms with Crippen molar-refractivity contribution in [3.05, 3.63) is 59.2 Å². The molecule has 30 heavy (non-hydrogen) atoms. The molecular weight excluding hydrogens is 412 g/mol. The number of benzene rings is 2. The second kappa shape index (κ2) is 8.29. The van der Waals surface area contributed by atoms with Crippen LogP contribution in [0.15, 0.2) is 42.5 Å². The van der Waals surface area contributed by atoms with E-state index in [1.165, 1.54) is 18.2 Å². The third-order valence-corrected chi connectivity index (χ3v) is 5.09. The highest BCUT2D eigenvalue weighted by molar-refractivity contribution is 5.79. The maximum Gasteiger partial charge on any atom is 0.416 e. The fourth-order valence-corrected chi connectivity index (χ4v) is 3.51. The molecular formula is C21H19F6NO2. The molecule has 0 bridgehead atoms. The number of carbonyl (C=O) groups excluding carboxylic acids is 1. The van der Waals surface area contributed by atoms with Gasteiger partial charge in [-0.25, -0.2) is 0 Å². The van der Waals surface area contributed by atoms with E-state index >= 15 is 0 Å². The third kappa shape index (κ3) is 5.33. The number of nitrogens with one attached hydrogen (secondary N) is 1. The highest BCUT2D eigenvalue weighted by Crippen LogP contribution is 2.38. The van der Waals surface area contributed by atoms with Crippen LogP contribution in [0.2, 0.25) is 0 Å². The largest absolute Gasteiger partial charge is 0.416 e. The molecule has 3 rings (SSSR count). The molecule has 2 aromatic carbocycles. The first-order valence-corrected chi connectivity index (χ1v) is 9.28. The van der Waals surface area contributed by atoms with Crippen molar-refractivity contribution in [2.24, 2.45) is 5.92 Å². The van der Waals surface area contributed by atoms with E-state index in [1.807, 2.05) is 0 Å². The summed E-state index contributed by atoms with van der Waals surface area (Å²) in [7, 11) is 0. The molecule has 0 spiro atoms.